The molecule has 1 aliphatic rings. The van der Waals surface area contributed by atoms with Crippen molar-refractivity contribution in [1.82, 2.24) is 0 Å². The summed E-state index contributed by atoms with van der Waals surface area (Å²) in [5.74, 6) is -3.92. The molecule has 1 fully saturated rings. The fraction of sp³-hybridized carbons (Fsp3) is 0.833. The van der Waals surface area contributed by atoms with Gasteiger partial charge < -0.3 is 25.2 Å². The van der Waals surface area contributed by atoms with Crippen molar-refractivity contribution in [3.8, 4) is 0 Å². The average molecular weight is 178 g/mol. The van der Waals surface area contributed by atoms with E-state index in [-0.39, 0.29) is 6.61 Å². The minimum Gasteiger partial charge on any atom is -0.477 e. The van der Waals surface area contributed by atoms with Gasteiger partial charge in [-0.2, -0.15) is 0 Å². The Labute approximate surface area is 68.0 Å². The van der Waals surface area contributed by atoms with Crippen molar-refractivity contribution in [1.29, 1.82) is 0 Å². The van der Waals surface area contributed by atoms with Gasteiger partial charge in [0.2, 0.25) is 0 Å². The normalized spacial score (nSPS) is 42.6. The summed E-state index contributed by atoms with van der Waals surface area (Å²) in [7, 11) is 0. The average Bonchev–Trinajstić information content (AvgIpc) is 1.97. The first-order valence-electron chi connectivity index (χ1n) is 3.41. The molecule has 1 saturated heterocycles. The summed E-state index contributed by atoms with van der Waals surface area (Å²) in [5.41, 5.74) is 0. The first-order valence-corrected chi connectivity index (χ1v) is 3.41. The van der Waals surface area contributed by atoms with Crippen molar-refractivity contribution in [3.05, 3.63) is 0 Å². The van der Waals surface area contributed by atoms with E-state index >= 15 is 0 Å². The molecule has 4 N–H and O–H groups in total. The fourth-order valence-corrected chi connectivity index (χ4v) is 0.962. The Bertz CT molecular complexity index is 192. The molecule has 0 bridgehead atoms. The topological polar surface area (TPSA) is 107 Å². The predicted octanol–water partition coefficient (Wildman–Crippen LogP) is -2.10. The molecule has 0 aromatic rings. The highest BCUT2D eigenvalue weighted by molar-refractivity contribution is 5.75. The Kier molecular flexibility index (Phi) is 2.34. The van der Waals surface area contributed by atoms with Crippen molar-refractivity contribution in [2.45, 2.75) is 24.4 Å². The Morgan fingerprint density at radius 1 is 1.42 bits per heavy atom. The number of aliphatic hydroxyl groups excluding tert-OH is 2. The predicted molar refractivity (Wildman–Crippen MR) is 35.2 cm³/mol. The van der Waals surface area contributed by atoms with E-state index in [4.69, 9.17) is 20.4 Å². The smallest absolute Gasteiger partial charge is 0.364 e. The van der Waals surface area contributed by atoms with E-state index in [1.165, 1.54) is 0 Å². The summed E-state index contributed by atoms with van der Waals surface area (Å²) < 4.78 is 4.46. The molecule has 0 amide bonds. The molecule has 6 nitrogen and oxygen atoms in total. The van der Waals surface area contributed by atoms with Crippen LogP contribution in [0.5, 0.6) is 0 Å². The van der Waals surface area contributed by atoms with Gasteiger partial charge in [-0.15, -0.1) is 0 Å². The molecule has 70 valence electrons. The number of hydrogen-bond donors (Lipinski definition) is 4. The molecule has 0 spiro atoms. The molecule has 12 heavy (non-hydrogen) atoms. The van der Waals surface area contributed by atoms with Crippen LogP contribution < -0.4 is 0 Å². The number of hydrogen-bond acceptors (Lipinski definition) is 5. The standard InChI is InChI=1S/C6H10O6/c7-3-1-6(11,5(9)10)12-2-4(3)8/h3-4,7-8,11H,1-2H2,(H,9,10)/t3-,4-,6-/m0/s1. The van der Waals surface area contributed by atoms with E-state index in [0.717, 1.165) is 0 Å². The Balaban J connectivity index is 2.66. The number of carboxylic acids is 1. The zero-order chi connectivity index (χ0) is 9.35. The molecule has 0 unspecified atom stereocenters. The minimum atomic E-state index is -2.36. The Morgan fingerprint density at radius 2 is 2.00 bits per heavy atom. The third-order valence-electron chi connectivity index (χ3n) is 1.76. The molecule has 0 aromatic heterocycles. The summed E-state index contributed by atoms with van der Waals surface area (Å²) in [6.07, 6.45) is -2.92. The number of aliphatic hydroxyl groups is 3. The zero-order valence-electron chi connectivity index (χ0n) is 6.17. The second-order valence-electron chi connectivity index (χ2n) is 2.74. The lowest BCUT2D eigenvalue weighted by atomic mass is 10.0. The Morgan fingerprint density at radius 3 is 2.42 bits per heavy atom. The van der Waals surface area contributed by atoms with Gasteiger partial charge in [0.15, 0.2) is 0 Å². The van der Waals surface area contributed by atoms with E-state index in [1.54, 1.807) is 0 Å². The van der Waals surface area contributed by atoms with Gasteiger partial charge in [-0.05, 0) is 0 Å². The first-order chi connectivity index (χ1) is 5.46. The summed E-state index contributed by atoms with van der Waals surface area (Å²) in [6, 6.07) is 0. The van der Waals surface area contributed by atoms with Crippen molar-refractivity contribution >= 4 is 5.97 Å². The number of aliphatic carboxylic acids is 1. The molecular weight excluding hydrogens is 168 g/mol. The van der Waals surface area contributed by atoms with Crippen LogP contribution in [0, 0.1) is 0 Å². The zero-order valence-corrected chi connectivity index (χ0v) is 6.17. The van der Waals surface area contributed by atoms with Gasteiger partial charge in [0.1, 0.15) is 6.10 Å². The van der Waals surface area contributed by atoms with E-state index in [0.29, 0.717) is 0 Å². The molecule has 0 aliphatic carbocycles. The summed E-state index contributed by atoms with van der Waals surface area (Å²) >= 11 is 0. The van der Waals surface area contributed by atoms with Crippen LogP contribution in [0.3, 0.4) is 0 Å². The van der Waals surface area contributed by atoms with Crippen LogP contribution in [-0.4, -0.2) is 51.0 Å². The number of ether oxygens (including phenoxy) is 1. The maximum Gasteiger partial charge on any atom is 0.364 e. The molecule has 3 atom stereocenters. The van der Waals surface area contributed by atoms with Gasteiger partial charge in [0.25, 0.3) is 5.79 Å². The summed E-state index contributed by atoms with van der Waals surface area (Å²) in [5, 5.41) is 35.5. The number of rotatable bonds is 1. The van der Waals surface area contributed by atoms with Crippen LogP contribution in [0.2, 0.25) is 0 Å². The van der Waals surface area contributed by atoms with Crippen LogP contribution in [0.15, 0.2) is 0 Å². The highest BCUT2D eigenvalue weighted by Crippen LogP contribution is 2.22. The second-order valence-corrected chi connectivity index (χ2v) is 2.74. The number of carbonyl (C=O) groups is 1. The highest BCUT2D eigenvalue weighted by atomic mass is 16.7. The fourth-order valence-electron chi connectivity index (χ4n) is 0.962. The lowest BCUT2D eigenvalue weighted by Gasteiger charge is -2.33. The van der Waals surface area contributed by atoms with Crippen molar-refractivity contribution < 1.29 is 30.0 Å². The molecule has 1 heterocycles. The molecule has 0 aromatic carbocycles. The SMILES string of the molecule is O=C(O)[C@]1(O)C[C@H](O)[C@@H](O)CO1. The minimum absolute atomic E-state index is 0.385. The second kappa shape index (κ2) is 2.98. The number of carboxylic acid groups (broad SMARTS) is 1. The monoisotopic (exact) mass is 178 g/mol. The lowest BCUT2D eigenvalue weighted by molar-refractivity contribution is -0.267. The first kappa shape index (κ1) is 9.40. The van der Waals surface area contributed by atoms with Crippen LogP contribution in [0.25, 0.3) is 0 Å². The molecule has 1 rings (SSSR count). The van der Waals surface area contributed by atoms with Gasteiger partial charge in [-0.3, -0.25) is 0 Å². The van der Waals surface area contributed by atoms with Crippen LogP contribution >= 0.6 is 0 Å². The van der Waals surface area contributed by atoms with Crippen LogP contribution in [0.1, 0.15) is 6.42 Å². The lowest BCUT2D eigenvalue weighted by Crippen LogP contribution is -2.53. The molecule has 1 aliphatic heterocycles. The Hall–Kier alpha value is -0.690. The highest BCUT2D eigenvalue weighted by Gasteiger charge is 2.45. The third-order valence-corrected chi connectivity index (χ3v) is 1.76. The van der Waals surface area contributed by atoms with Crippen molar-refractivity contribution in [3.63, 3.8) is 0 Å². The van der Waals surface area contributed by atoms with E-state index < -0.39 is 30.4 Å². The van der Waals surface area contributed by atoms with Gasteiger partial charge in [0.05, 0.1) is 12.7 Å². The quantitative estimate of drug-likeness (QED) is 0.366. The maximum atomic E-state index is 10.4. The van der Waals surface area contributed by atoms with Gasteiger partial charge >= 0.3 is 5.97 Å². The van der Waals surface area contributed by atoms with Crippen molar-refractivity contribution in [2.75, 3.05) is 6.61 Å². The maximum absolute atomic E-state index is 10.4. The van der Waals surface area contributed by atoms with E-state index in [2.05, 4.69) is 4.74 Å². The van der Waals surface area contributed by atoms with Gasteiger partial charge in [-0.1, -0.05) is 0 Å². The summed E-state index contributed by atoms with van der Waals surface area (Å²) in [6.45, 7) is -0.385. The van der Waals surface area contributed by atoms with Gasteiger partial charge in [0, 0.05) is 6.42 Å². The molecular formula is C6H10O6. The molecule has 0 radical (unpaired) electrons. The van der Waals surface area contributed by atoms with Crippen molar-refractivity contribution in [2.24, 2.45) is 0 Å². The van der Waals surface area contributed by atoms with Crippen LogP contribution in [0.4, 0.5) is 0 Å². The van der Waals surface area contributed by atoms with E-state index in [1.807, 2.05) is 0 Å². The molecule has 0 saturated carbocycles. The van der Waals surface area contributed by atoms with Crippen LogP contribution in [-0.2, 0) is 9.53 Å². The largest absolute Gasteiger partial charge is 0.477 e. The van der Waals surface area contributed by atoms with Gasteiger partial charge in [-0.25, -0.2) is 4.79 Å². The van der Waals surface area contributed by atoms with E-state index in [9.17, 15) is 4.79 Å². The molecule has 6 heteroatoms. The summed E-state index contributed by atoms with van der Waals surface area (Å²) in [4.78, 5) is 10.4. The third kappa shape index (κ3) is 1.56.